The molecule has 2 rings (SSSR count). The Labute approximate surface area is 96.4 Å². The molecule has 0 aliphatic carbocycles. The molecule has 0 spiro atoms. The number of ether oxygens (including phenoxy) is 1. The lowest BCUT2D eigenvalue weighted by molar-refractivity contribution is -0.0326. The van der Waals surface area contributed by atoms with E-state index in [1.807, 2.05) is 19.3 Å². The fourth-order valence-electron chi connectivity index (χ4n) is 2.00. The Balaban J connectivity index is 2.09. The van der Waals surface area contributed by atoms with Gasteiger partial charge in [-0.25, -0.2) is 0 Å². The Morgan fingerprint density at radius 1 is 1.56 bits per heavy atom. The number of likely N-dealkylation sites (N-methyl/N-ethyl adjacent to an activating group) is 1. The van der Waals surface area contributed by atoms with Gasteiger partial charge in [0, 0.05) is 25.5 Å². The molecule has 88 valence electrons. The van der Waals surface area contributed by atoms with Crippen LogP contribution in [0.3, 0.4) is 0 Å². The smallest absolute Gasteiger partial charge is 0.0895 e. The van der Waals surface area contributed by atoms with Crippen LogP contribution in [-0.2, 0) is 4.74 Å². The number of pyridine rings is 1. The number of hydrogen-bond donors (Lipinski definition) is 1. The van der Waals surface area contributed by atoms with Crippen molar-refractivity contribution in [3.05, 3.63) is 29.6 Å². The van der Waals surface area contributed by atoms with Crippen LogP contribution < -0.4 is 5.73 Å². The molecule has 0 aromatic carbocycles. The summed E-state index contributed by atoms with van der Waals surface area (Å²) in [4.78, 5) is 6.42. The normalized spacial score (nSPS) is 24.3. The van der Waals surface area contributed by atoms with Gasteiger partial charge in [-0.3, -0.25) is 4.98 Å². The van der Waals surface area contributed by atoms with E-state index in [0.717, 1.165) is 30.8 Å². The number of rotatable bonds is 2. The standard InChI is InChI=1S/C12H19N3O/c1-9-5-10(7-14-6-9)12(13)11-8-15(2)3-4-16-11/h5-7,11-12H,3-4,8,13H2,1-2H3. The van der Waals surface area contributed by atoms with Crippen molar-refractivity contribution in [1.82, 2.24) is 9.88 Å². The predicted octanol–water partition coefficient (Wildman–Crippen LogP) is 0.720. The first kappa shape index (κ1) is 11.5. The number of morpholine rings is 1. The van der Waals surface area contributed by atoms with Crippen molar-refractivity contribution < 1.29 is 4.74 Å². The molecule has 1 saturated heterocycles. The Morgan fingerprint density at radius 3 is 3.06 bits per heavy atom. The molecular formula is C12H19N3O. The highest BCUT2D eigenvalue weighted by molar-refractivity contribution is 5.21. The number of hydrogen-bond acceptors (Lipinski definition) is 4. The minimum absolute atomic E-state index is 0.0716. The van der Waals surface area contributed by atoms with E-state index in [-0.39, 0.29) is 12.1 Å². The summed E-state index contributed by atoms with van der Waals surface area (Å²) in [6.07, 6.45) is 3.74. The molecule has 4 nitrogen and oxygen atoms in total. The van der Waals surface area contributed by atoms with Gasteiger partial charge in [0.05, 0.1) is 18.8 Å². The van der Waals surface area contributed by atoms with Crippen LogP contribution in [0.2, 0.25) is 0 Å². The van der Waals surface area contributed by atoms with Crippen molar-refractivity contribution in [2.24, 2.45) is 5.73 Å². The highest BCUT2D eigenvalue weighted by Gasteiger charge is 2.25. The topological polar surface area (TPSA) is 51.4 Å². The zero-order valence-electron chi connectivity index (χ0n) is 9.89. The minimum Gasteiger partial charge on any atom is -0.374 e. The molecule has 2 N–H and O–H groups in total. The van der Waals surface area contributed by atoms with Crippen molar-refractivity contribution in [2.45, 2.75) is 19.1 Å². The third-order valence-electron chi connectivity index (χ3n) is 2.98. The summed E-state index contributed by atoms with van der Waals surface area (Å²) in [6, 6.07) is 1.99. The molecular weight excluding hydrogens is 202 g/mol. The third-order valence-corrected chi connectivity index (χ3v) is 2.98. The molecule has 1 aromatic heterocycles. The van der Waals surface area contributed by atoms with Gasteiger partial charge in [-0.05, 0) is 25.1 Å². The summed E-state index contributed by atoms with van der Waals surface area (Å²) in [7, 11) is 2.09. The maximum absolute atomic E-state index is 6.21. The lowest BCUT2D eigenvalue weighted by atomic mass is 10.0. The number of nitrogens with zero attached hydrogens (tertiary/aromatic N) is 2. The zero-order valence-corrected chi connectivity index (χ0v) is 9.89. The van der Waals surface area contributed by atoms with E-state index >= 15 is 0 Å². The summed E-state index contributed by atoms with van der Waals surface area (Å²) < 4.78 is 5.71. The Morgan fingerprint density at radius 2 is 2.38 bits per heavy atom. The van der Waals surface area contributed by atoms with Gasteiger partial charge < -0.3 is 15.4 Å². The van der Waals surface area contributed by atoms with Gasteiger partial charge in [0.1, 0.15) is 0 Å². The Hall–Kier alpha value is -0.970. The minimum atomic E-state index is -0.0878. The highest BCUT2D eigenvalue weighted by Crippen LogP contribution is 2.19. The van der Waals surface area contributed by atoms with Crippen LogP contribution in [0.5, 0.6) is 0 Å². The van der Waals surface area contributed by atoms with Gasteiger partial charge in [-0.2, -0.15) is 0 Å². The summed E-state index contributed by atoms with van der Waals surface area (Å²) >= 11 is 0. The van der Waals surface area contributed by atoms with Crippen LogP contribution >= 0.6 is 0 Å². The summed E-state index contributed by atoms with van der Waals surface area (Å²) in [5.74, 6) is 0. The summed E-state index contributed by atoms with van der Waals surface area (Å²) in [6.45, 7) is 4.65. The lowest BCUT2D eigenvalue weighted by Crippen LogP contribution is -2.45. The van der Waals surface area contributed by atoms with E-state index in [9.17, 15) is 0 Å². The van der Waals surface area contributed by atoms with Crippen LogP contribution in [0.1, 0.15) is 17.2 Å². The quantitative estimate of drug-likeness (QED) is 0.799. The van der Waals surface area contributed by atoms with Crippen LogP contribution in [-0.4, -0.2) is 42.7 Å². The van der Waals surface area contributed by atoms with Gasteiger partial charge in [-0.15, -0.1) is 0 Å². The lowest BCUT2D eigenvalue weighted by Gasteiger charge is -2.33. The fraction of sp³-hybridized carbons (Fsp3) is 0.583. The molecule has 2 unspecified atom stereocenters. The van der Waals surface area contributed by atoms with Crippen molar-refractivity contribution in [1.29, 1.82) is 0 Å². The van der Waals surface area contributed by atoms with Gasteiger partial charge in [-0.1, -0.05) is 6.07 Å². The van der Waals surface area contributed by atoms with Crippen molar-refractivity contribution in [3.63, 3.8) is 0 Å². The predicted molar refractivity (Wildman–Crippen MR) is 63.1 cm³/mol. The van der Waals surface area contributed by atoms with E-state index in [4.69, 9.17) is 10.5 Å². The maximum atomic E-state index is 6.21. The number of nitrogens with two attached hydrogens (primary N) is 1. The molecule has 4 heteroatoms. The Bertz CT molecular complexity index is 356. The monoisotopic (exact) mass is 221 g/mol. The Kier molecular flexibility index (Phi) is 3.53. The zero-order chi connectivity index (χ0) is 11.5. The largest absolute Gasteiger partial charge is 0.374 e. The van der Waals surface area contributed by atoms with Crippen LogP contribution in [0.4, 0.5) is 0 Å². The first-order chi connectivity index (χ1) is 7.66. The first-order valence-electron chi connectivity index (χ1n) is 5.64. The average Bonchev–Trinajstić information content (AvgIpc) is 2.28. The molecule has 0 saturated carbocycles. The van der Waals surface area contributed by atoms with E-state index in [1.165, 1.54) is 0 Å². The molecule has 1 aliphatic heterocycles. The van der Waals surface area contributed by atoms with Crippen LogP contribution in [0.15, 0.2) is 18.5 Å². The highest BCUT2D eigenvalue weighted by atomic mass is 16.5. The van der Waals surface area contributed by atoms with E-state index < -0.39 is 0 Å². The number of aromatic nitrogens is 1. The molecule has 2 atom stereocenters. The molecule has 2 heterocycles. The maximum Gasteiger partial charge on any atom is 0.0895 e. The van der Waals surface area contributed by atoms with Crippen LogP contribution in [0, 0.1) is 6.92 Å². The second kappa shape index (κ2) is 4.91. The van der Waals surface area contributed by atoms with Crippen LogP contribution in [0.25, 0.3) is 0 Å². The SMILES string of the molecule is Cc1cncc(C(N)C2CN(C)CCO2)c1. The van der Waals surface area contributed by atoms with E-state index in [1.54, 1.807) is 0 Å². The van der Waals surface area contributed by atoms with Gasteiger partial charge in [0.15, 0.2) is 0 Å². The van der Waals surface area contributed by atoms with Crippen molar-refractivity contribution >= 4 is 0 Å². The number of aryl methyl sites for hydroxylation is 1. The van der Waals surface area contributed by atoms with E-state index in [0.29, 0.717) is 0 Å². The molecule has 0 bridgehead atoms. The molecule has 1 fully saturated rings. The average molecular weight is 221 g/mol. The van der Waals surface area contributed by atoms with E-state index in [2.05, 4.69) is 23.0 Å². The molecule has 0 radical (unpaired) electrons. The molecule has 1 aliphatic rings. The first-order valence-corrected chi connectivity index (χ1v) is 5.64. The third kappa shape index (κ3) is 2.58. The fourth-order valence-corrected chi connectivity index (χ4v) is 2.00. The van der Waals surface area contributed by atoms with Gasteiger partial charge in [0.2, 0.25) is 0 Å². The van der Waals surface area contributed by atoms with Crippen molar-refractivity contribution in [2.75, 3.05) is 26.7 Å². The van der Waals surface area contributed by atoms with Gasteiger partial charge >= 0.3 is 0 Å². The summed E-state index contributed by atoms with van der Waals surface area (Å²) in [5.41, 5.74) is 8.40. The van der Waals surface area contributed by atoms with Crippen molar-refractivity contribution in [3.8, 4) is 0 Å². The summed E-state index contributed by atoms with van der Waals surface area (Å²) in [5, 5.41) is 0. The second-order valence-electron chi connectivity index (χ2n) is 4.49. The molecule has 16 heavy (non-hydrogen) atoms. The van der Waals surface area contributed by atoms with Gasteiger partial charge in [0.25, 0.3) is 0 Å². The molecule has 0 amide bonds. The second-order valence-corrected chi connectivity index (χ2v) is 4.49. The molecule has 1 aromatic rings.